The molecule has 13 heteroatoms. The van der Waals surface area contributed by atoms with Gasteiger partial charge in [-0.15, -0.1) is 0 Å². The van der Waals surface area contributed by atoms with Crippen LogP contribution in [0.2, 0.25) is 0 Å². The number of likely N-dealkylation sites (tertiary alicyclic amines) is 1. The second-order valence-corrected chi connectivity index (χ2v) is 15.9. The van der Waals surface area contributed by atoms with E-state index in [-0.39, 0.29) is 21.1 Å². The summed E-state index contributed by atoms with van der Waals surface area (Å²) in [6, 6.07) is 19.9. The second-order valence-electron chi connectivity index (χ2n) is 12.4. The van der Waals surface area contributed by atoms with E-state index in [2.05, 4.69) is 14.9 Å². The Morgan fingerprint density at radius 3 is 2.08 bits per heavy atom. The Kier molecular flexibility index (Phi) is 8.92. The van der Waals surface area contributed by atoms with Crippen molar-refractivity contribution < 1.29 is 30.8 Å². The molecule has 3 aromatic carbocycles. The highest BCUT2D eigenvalue weighted by atomic mass is 32.2. The highest BCUT2D eigenvalue weighted by molar-refractivity contribution is 7.89. The van der Waals surface area contributed by atoms with E-state index < -0.39 is 26.2 Å². The van der Waals surface area contributed by atoms with Crippen molar-refractivity contribution in [3.05, 3.63) is 103 Å². The van der Waals surface area contributed by atoms with Crippen molar-refractivity contribution in [3.63, 3.8) is 0 Å². The van der Waals surface area contributed by atoms with E-state index in [9.17, 15) is 16.8 Å². The zero-order valence-electron chi connectivity index (χ0n) is 26.4. The first-order valence-corrected chi connectivity index (χ1v) is 18.7. The van der Waals surface area contributed by atoms with Gasteiger partial charge in [0.1, 0.15) is 16.2 Å². The molecule has 1 spiro atoms. The van der Waals surface area contributed by atoms with Crippen molar-refractivity contribution in [1.29, 1.82) is 0 Å². The molecule has 0 bridgehead atoms. The molecule has 250 valence electrons. The van der Waals surface area contributed by atoms with E-state index in [4.69, 9.17) is 14.0 Å². The van der Waals surface area contributed by atoms with Gasteiger partial charge in [0.05, 0.1) is 11.5 Å². The third-order valence-corrected chi connectivity index (χ3v) is 12.7. The molecule has 2 aromatic heterocycles. The van der Waals surface area contributed by atoms with Crippen LogP contribution in [0.15, 0.2) is 107 Å². The first-order valence-electron chi connectivity index (χ1n) is 15.8. The van der Waals surface area contributed by atoms with E-state index in [0.29, 0.717) is 35.7 Å². The Morgan fingerprint density at radius 2 is 1.46 bits per heavy atom. The lowest BCUT2D eigenvalue weighted by atomic mass is 9.88. The lowest BCUT2D eigenvalue weighted by Crippen LogP contribution is -2.50. The van der Waals surface area contributed by atoms with Crippen LogP contribution in [0.3, 0.4) is 0 Å². The number of aromatic nitrogens is 2. The van der Waals surface area contributed by atoms with Crippen LogP contribution in [0, 0.1) is 0 Å². The number of hydrogen-bond acceptors (Lipinski definition) is 10. The number of rotatable bonds is 10. The minimum atomic E-state index is -4.13. The number of hydrogen-bond donors (Lipinski definition) is 0. The molecule has 1 atom stereocenters. The molecular formula is C35H36N4O7S2. The van der Waals surface area contributed by atoms with Gasteiger partial charge in [0.25, 0.3) is 0 Å². The molecule has 11 nitrogen and oxygen atoms in total. The number of pyridine rings is 2. The molecule has 4 heterocycles. The standard InChI is InChI=1S/C35H36N4O7S2/c1-38(47(40,41)33-6-2-4-27-23-36-17-12-31(27)33)29(25-39-19-14-35(15-20-39)16-21-44-46-35)22-26-8-10-30(11-9-26)45-48(42,43)34-7-3-5-28-24-37-18-13-32(28)34/h2-13,17-18,23-24,29H,14-16,19-22,25H2,1H3. The van der Waals surface area contributed by atoms with Crippen LogP contribution in [0.1, 0.15) is 24.8 Å². The number of benzene rings is 3. The SMILES string of the molecule is CN(C(Cc1ccc(OS(=O)(=O)c2cccc3cnccc23)cc1)CN1CCC2(CCOO2)CC1)S(=O)(=O)c1cccc2cnccc12. The molecule has 7 rings (SSSR count). The maximum atomic E-state index is 14.2. The Labute approximate surface area is 280 Å². The molecule has 2 aliphatic rings. The van der Waals surface area contributed by atoms with Crippen molar-refractivity contribution in [3.8, 4) is 5.75 Å². The smallest absolute Gasteiger partial charge is 0.339 e. The average molecular weight is 689 g/mol. The van der Waals surface area contributed by atoms with Crippen molar-refractivity contribution >= 4 is 41.7 Å². The van der Waals surface area contributed by atoms with Gasteiger partial charge in [0.15, 0.2) is 0 Å². The molecule has 0 N–H and O–H groups in total. The number of nitrogens with zero attached hydrogens (tertiary/aromatic N) is 4. The fourth-order valence-electron chi connectivity index (χ4n) is 6.62. The normalized spacial score (nSPS) is 17.7. The van der Waals surface area contributed by atoms with Gasteiger partial charge in [-0.3, -0.25) is 9.97 Å². The summed E-state index contributed by atoms with van der Waals surface area (Å²) >= 11 is 0. The third-order valence-electron chi connectivity index (χ3n) is 9.44. The minimum absolute atomic E-state index is 0.0560. The molecule has 2 saturated heterocycles. The fourth-order valence-corrected chi connectivity index (χ4v) is 9.34. The minimum Gasteiger partial charge on any atom is -0.379 e. The summed E-state index contributed by atoms with van der Waals surface area (Å²) in [5.41, 5.74) is 0.575. The summed E-state index contributed by atoms with van der Waals surface area (Å²) in [5.74, 6) is 0.159. The molecule has 0 amide bonds. The summed E-state index contributed by atoms with van der Waals surface area (Å²) in [6.07, 6.45) is 9.26. The van der Waals surface area contributed by atoms with Crippen LogP contribution in [-0.4, -0.2) is 80.9 Å². The number of likely N-dealkylation sites (N-methyl/N-ethyl adjacent to an activating group) is 1. The number of fused-ring (bicyclic) bond motifs is 2. The molecule has 2 aliphatic heterocycles. The van der Waals surface area contributed by atoms with Crippen LogP contribution in [0.5, 0.6) is 5.75 Å². The maximum absolute atomic E-state index is 14.2. The van der Waals surface area contributed by atoms with E-state index in [1.165, 1.54) is 10.4 Å². The van der Waals surface area contributed by atoms with Gasteiger partial charge in [-0.05, 0) is 61.2 Å². The first-order chi connectivity index (χ1) is 23.1. The van der Waals surface area contributed by atoms with E-state index >= 15 is 0 Å². The monoisotopic (exact) mass is 688 g/mol. The Hall–Kier alpha value is -3.98. The van der Waals surface area contributed by atoms with Crippen LogP contribution in [0.4, 0.5) is 0 Å². The van der Waals surface area contributed by atoms with Crippen molar-refractivity contribution in [1.82, 2.24) is 19.2 Å². The van der Waals surface area contributed by atoms with Crippen LogP contribution in [-0.2, 0) is 36.3 Å². The van der Waals surface area contributed by atoms with Gasteiger partial charge in [-0.2, -0.15) is 12.7 Å². The van der Waals surface area contributed by atoms with Gasteiger partial charge in [-0.1, -0.05) is 36.4 Å². The molecular weight excluding hydrogens is 653 g/mol. The molecule has 0 saturated carbocycles. The van der Waals surface area contributed by atoms with E-state index in [1.807, 2.05) is 6.07 Å². The van der Waals surface area contributed by atoms with Crippen molar-refractivity contribution in [2.45, 2.75) is 47.1 Å². The highest BCUT2D eigenvalue weighted by Crippen LogP contribution is 2.35. The van der Waals surface area contributed by atoms with E-state index in [1.54, 1.807) is 92.5 Å². The summed E-state index contributed by atoms with van der Waals surface area (Å²) < 4.78 is 62.0. The summed E-state index contributed by atoms with van der Waals surface area (Å²) in [5, 5.41) is 2.57. The molecule has 1 unspecified atom stereocenters. The Morgan fingerprint density at radius 1 is 0.833 bits per heavy atom. The fraction of sp³-hybridized carbons (Fsp3) is 0.314. The van der Waals surface area contributed by atoms with Gasteiger partial charge >= 0.3 is 10.1 Å². The molecule has 48 heavy (non-hydrogen) atoms. The largest absolute Gasteiger partial charge is 0.379 e. The summed E-state index contributed by atoms with van der Waals surface area (Å²) in [7, 11) is -6.42. The highest BCUT2D eigenvalue weighted by Gasteiger charge is 2.41. The zero-order valence-corrected chi connectivity index (χ0v) is 28.1. The topological polar surface area (TPSA) is 128 Å². The van der Waals surface area contributed by atoms with Crippen LogP contribution < -0.4 is 4.18 Å². The predicted molar refractivity (Wildman–Crippen MR) is 180 cm³/mol. The van der Waals surface area contributed by atoms with Crippen LogP contribution >= 0.6 is 0 Å². The maximum Gasteiger partial charge on any atom is 0.339 e. The second kappa shape index (κ2) is 13.1. The molecule has 0 radical (unpaired) electrons. The van der Waals surface area contributed by atoms with Crippen molar-refractivity contribution in [2.75, 3.05) is 33.3 Å². The van der Waals surface area contributed by atoms with E-state index in [0.717, 1.165) is 43.3 Å². The Bertz CT molecular complexity index is 2140. The van der Waals surface area contributed by atoms with Crippen molar-refractivity contribution in [2.24, 2.45) is 0 Å². The summed E-state index contributed by atoms with van der Waals surface area (Å²) in [4.78, 5) is 21.6. The molecule has 0 aliphatic carbocycles. The van der Waals surface area contributed by atoms with Gasteiger partial charge in [0, 0.05) is 85.5 Å². The number of sulfonamides is 1. The summed E-state index contributed by atoms with van der Waals surface area (Å²) in [6.45, 7) is 2.59. The first kappa shape index (κ1) is 32.6. The van der Waals surface area contributed by atoms with Gasteiger partial charge in [-0.25, -0.2) is 18.2 Å². The molecule has 2 fully saturated rings. The lowest BCUT2D eigenvalue weighted by molar-refractivity contribution is -0.316. The molecule has 5 aromatic rings. The van der Waals surface area contributed by atoms with Gasteiger partial charge in [0.2, 0.25) is 10.0 Å². The third kappa shape index (κ3) is 6.53. The lowest BCUT2D eigenvalue weighted by Gasteiger charge is -2.39. The quantitative estimate of drug-likeness (QED) is 0.147. The van der Waals surface area contributed by atoms with Gasteiger partial charge < -0.3 is 9.08 Å². The Balaban J connectivity index is 1.13. The predicted octanol–water partition coefficient (Wildman–Crippen LogP) is 4.97. The average Bonchev–Trinajstić information content (AvgIpc) is 3.56. The zero-order chi connectivity index (χ0) is 33.4. The van der Waals surface area contributed by atoms with Crippen LogP contribution in [0.25, 0.3) is 21.5 Å². The number of piperidine rings is 1.